The number of amides is 1. The van der Waals surface area contributed by atoms with Crippen molar-refractivity contribution in [3.05, 3.63) is 48.6 Å². The quantitative estimate of drug-likeness (QED) is 0.727. The van der Waals surface area contributed by atoms with Crippen LogP contribution in [-0.2, 0) is 11.2 Å². The smallest absolute Gasteiger partial charge is 0.227 e. The minimum Gasteiger partial charge on any atom is -0.443 e. The van der Waals surface area contributed by atoms with Crippen molar-refractivity contribution < 1.29 is 9.21 Å². The lowest BCUT2D eigenvalue weighted by molar-refractivity contribution is -0.130. The average molecular weight is 323 g/mol. The number of hydrogen-bond donors (Lipinski definition) is 0. The molecule has 24 heavy (non-hydrogen) atoms. The molecule has 0 saturated carbocycles. The average Bonchev–Trinajstić information content (AvgIpc) is 3.10. The van der Waals surface area contributed by atoms with Gasteiger partial charge in [-0.15, -0.1) is 0 Å². The highest BCUT2D eigenvalue weighted by molar-refractivity contribution is 5.81. The summed E-state index contributed by atoms with van der Waals surface area (Å²) in [5.74, 6) is 0.850. The Kier molecular flexibility index (Phi) is 3.82. The van der Waals surface area contributed by atoms with Crippen LogP contribution in [0, 0.1) is 0 Å². The maximum absolute atomic E-state index is 12.5. The summed E-state index contributed by atoms with van der Waals surface area (Å²) in [7, 11) is 0. The lowest BCUT2D eigenvalue weighted by Gasteiger charge is -2.34. The van der Waals surface area contributed by atoms with Crippen molar-refractivity contribution in [2.24, 2.45) is 0 Å². The second-order valence-corrected chi connectivity index (χ2v) is 5.75. The van der Waals surface area contributed by atoms with Gasteiger partial charge < -0.3 is 14.2 Å². The van der Waals surface area contributed by atoms with Crippen molar-refractivity contribution in [3.8, 4) is 0 Å². The Morgan fingerprint density at radius 3 is 2.67 bits per heavy atom. The molecule has 1 amide bonds. The van der Waals surface area contributed by atoms with E-state index in [4.69, 9.17) is 4.42 Å². The number of carbonyl (C=O) groups excluding carboxylic acids is 1. The molecule has 4 rings (SSSR count). The fourth-order valence-corrected chi connectivity index (χ4v) is 2.91. The first-order valence-corrected chi connectivity index (χ1v) is 7.91. The molecule has 1 aromatic carbocycles. The largest absolute Gasteiger partial charge is 0.443 e. The molecule has 1 fully saturated rings. The van der Waals surface area contributed by atoms with Gasteiger partial charge in [0.25, 0.3) is 0 Å². The van der Waals surface area contributed by atoms with Crippen molar-refractivity contribution in [2.45, 2.75) is 6.42 Å². The lowest BCUT2D eigenvalue weighted by atomic mass is 10.1. The van der Waals surface area contributed by atoms with E-state index in [2.05, 4.69) is 19.9 Å². The van der Waals surface area contributed by atoms with Gasteiger partial charge in [-0.1, -0.05) is 6.07 Å². The van der Waals surface area contributed by atoms with Crippen LogP contribution in [0.2, 0.25) is 0 Å². The number of hydrogen-bond acceptors (Lipinski definition) is 6. The van der Waals surface area contributed by atoms with Gasteiger partial charge in [-0.05, 0) is 23.8 Å². The van der Waals surface area contributed by atoms with E-state index in [1.165, 1.54) is 6.39 Å². The van der Waals surface area contributed by atoms with Crippen molar-refractivity contribution in [2.75, 3.05) is 31.1 Å². The Hall–Kier alpha value is -2.96. The summed E-state index contributed by atoms with van der Waals surface area (Å²) in [5, 5.41) is 0. The second-order valence-electron chi connectivity index (χ2n) is 5.75. The molecular weight excluding hydrogens is 306 g/mol. The predicted octanol–water partition coefficient (Wildman–Crippen LogP) is 1.51. The number of anilines is 1. The molecule has 1 aliphatic rings. The first-order chi connectivity index (χ1) is 11.8. The van der Waals surface area contributed by atoms with E-state index in [-0.39, 0.29) is 5.91 Å². The van der Waals surface area contributed by atoms with E-state index >= 15 is 0 Å². The topological polar surface area (TPSA) is 75.4 Å². The standard InChI is InChI=1S/C17H17N5O2/c23-16(11-13-2-3-14-15(10-13)24-12-20-14)21-6-8-22(9-7-21)17-18-4-1-5-19-17/h1-5,10,12H,6-9,11H2. The van der Waals surface area contributed by atoms with Crippen molar-refractivity contribution in [1.82, 2.24) is 19.9 Å². The van der Waals surface area contributed by atoms with Gasteiger partial charge in [-0.2, -0.15) is 0 Å². The highest BCUT2D eigenvalue weighted by Gasteiger charge is 2.22. The molecule has 1 aliphatic heterocycles. The summed E-state index contributed by atoms with van der Waals surface area (Å²) in [4.78, 5) is 29.1. The molecule has 7 nitrogen and oxygen atoms in total. The zero-order chi connectivity index (χ0) is 16.4. The second kappa shape index (κ2) is 6.27. The van der Waals surface area contributed by atoms with Crippen LogP contribution in [0.3, 0.4) is 0 Å². The van der Waals surface area contributed by atoms with E-state index in [9.17, 15) is 4.79 Å². The normalized spacial score (nSPS) is 15.0. The van der Waals surface area contributed by atoms with Crippen LogP contribution in [0.15, 0.2) is 47.5 Å². The Morgan fingerprint density at radius 1 is 1.08 bits per heavy atom. The third-order valence-corrected chi connectivity index (χ3v) is 4.22. The van der Waals surface area contributed by atoms with Crippen molar-refractivity contribution in [1.29, 1.82) is 0 Å². The summed E-state index contributed by atoms with van der Waals surface area (Å²) >= 11 is 0. The van der Waals surface area contributed by atoms with Gasteiger partial charge in [0.05, 0.1) is 6.42 Å². The Balaban J connectivity index is 1.37. The fraction of sp³-hybridized carbons (Fsp3) is 0.294. The molecule has 0 aliphatic carbocycles. The minimum absolute atomic E-state index is 0.127. The van der Waals surface area contributed by atoms with E-state index < -0.39 is 0 Å². The van der Waals surface area contributed by atoms with Crippen LogP contribution in [-0.4, -0.2) is 51.9 Å². The van der Waals surface area contributed by atoms with E-state index in [0.717, 1.165) is 30.1 Å². The zero-order valence-corrected chi connectivity index (χ0v) is 13.1. The molecule has 2 aromatic heterocycles. The maximum atomic E-state index is 12.5. The van der Waals surface area contributed by atoms with Crippen molar-refractivity contribution in [3.63, 3.8) is 0 Å². The number of piperazine rings is 1. The Bertz CT molecular complexity index is 840. The zero-order valence-electron chi connectivity index (χ0n) is 13.1. The highest BCUT2D eigenvalue weighted by Crippen LogP contribution is 2.16. The van der Waals surface area contributed by atoms with Crippen LogP contribution >= 0.6 is 0 Å². The number of fused-ring (bicyclic) bond motifs is 1. The molecular formula is C17H17N5O2. The van der Waals surface area contributed by atoms with E-state index in [1.807, 2.05) is 23.1 Å². The molecule has 0 unspecified atom stereocenters. The number of benzene rings is 1. The molecule has 3 aromatic rings. The predicted molar refractivity (Wildman–Crippen MR) is 88.5 cm³/mol. The molecule has 3 heterocycles. The van der Waals surface area contributed by atoms with Gasteiger partial charge in [0.2, 0.25) is 11.9 Å². The molecule has 0 atom stereocenters. The van der Waals surface area contributed by atoms with Crippen LogP contribution in [0.5, 0.6) is 0 Å². The van der Waals surface area contributed by atoms with Crippen LogP contribution in [0.4, 0.5) is 5.95 Å². The fourth-order valence-electron chi connectivity index (χ4n) is 2.91. The molecule has 0 spiro atoms. The van der Waals surface area contributed by atoms with Crippen molar-refractivity contribution >= 4 is 23.0 Å². The molecule has 7 heteroatoms. The van der Waals surface area contributed by atoms with Crippen LogP contribution in [0.1, 0.15) is 5.56 Å². The van der Waals surface area contributed by atoms with Crippen LogP contribution in [0.25, 0.3) is 11.1 Å². The first kappa shape index (κ1) is 14.6. The van der Waals surface area contributed by atoms with Gasteiger partial charge >= 0.3 is 0 Å². The van der Waals surface area contributed by atoms with Gasteiger partial charge in [0.1, 0.15) is 5.52 Å². The summed E-state index contributed by atoms with van der Waals surface area (Å²) < 4.78 is 5.29. The third-order valence-electron chi connectivity index (χ3n) is 4.22. The number of carbonyl (C=O) groups is 1. The van der Waals surface area contributed by atoms with Crippen LogP contribution < -0.4 is 4.90 Å². The molecule has 0 N–H and O–H groups in total. The monoisotopic (exact) mass is 323 g/mol. The molecule has 0 bridgehead atoms. The number of oxazole rings is 1. The molecule has 122 valence electrons. The van der Waals surface area contributed by atoms with E-state index in [0.29, 0.717) is 25.1 Å². The number of rotatable bonds is 3. The van der Waals surface area contributed by atoms with E-state index in [1.54, 1.807) is 18.5 Å². The Labute approximate surface area is 138 Å². The minimum atomic E-state index is 0.127. The van der Waals surface area contributed by atoms with Gasteiger partial charge in [-0.3, -0.25) is 4.79 Å². The Morgan fingerprint density at radius 2 is 1.88 bits per heavy atom. The number of nitrogens with zero attached hydrogens (tertiary/aromatic N) is 5. The summed E-state index contributed by atoms with van der Waals surface area (Å²) in [6, 6.07) is 7.49. The molecule has 0 radical (unpaired) electrons. The summed E-state index contributed by atoms with van der Waals surface area (Å²) in [6.07, 6.45) is 5.26. The van der Waals surface area contributed by atoms with Gasteiger partial charge in [-0.25, -0.2) is 15.0 Å². The SMILES string of the molecule is O=C(Cc1ccc2ncoc2c1)N1CCN(c2ncccn2)CC1. The lowest BCUT2D eigenvalue weighted by Crippen LogP contribution is -2.49. The molecule has 1 saturated heterocycles. The van der Waals surface area contributed by atoms with Gasteiger partial charge in [0, 0.05) is 38.6 Å². The summed E-state index contributed by atoms with van der Waals surface area (Å²) in [6.45, 7) is 2.86. The highest BCUT2D eigenvalue weighted by atomic mass is 16.3. The third kappa shape index (κ3) is 2.92. The van der Waals surface area contributed by atoms with Gasteiger partial charge in [0.15, 0.2) is 12.0 Å². The maximum Gasteiger partial charge on any atom is 0.227 e. The number of aromatic nitrogens is 3. The first-order valence-electron chi connectivity index (χ1n) is 7.91. The summed E-state index contributed by atoms with van der Waals surface area (Å²) in [5.41, 5.74) is 2.46.